The Labute approximate surface area is 123 Å². The molecule has 0 aliphatic heterocycles. The van der Waals surface area contributed by atoms with E-state index in [1.165, 1.54) is 0 Å². The molecule has 0 heterocycles. The molecule has 0 bridgehead atoms. The highest BCUT2D eigenvalue weighted by molar-refractivity contribution is 6.87. The van der Waals surface area contributed by atoms with Crippen LogP contribution in [0.1, 0.15) is 6.42 Å². The van der Waals surface area contributed by atoms with E-state index < -0.39 is 34.5 Å². The standard InChI is InChI=1S/C11H31O4Si4/c1-16(11-9-10-12)13-18(5,6)15-19(7,8)14-17(2,3)4/h12H,9-11H2,1-8H3. The largest absolute Gasteiger partial charge is 0.437 e. The minimum Gasteiger partial charge on any atom is -0.437 e. The van der Waals surface area contributed by atoms with E-state index in [9.17, 15) is 0 Å². The van der Waals surface area contributed by atoms with E-state index in [4.69, 9.17) is 17.5 Å². The molecule has 1 radical (unpaired) electrons. The number of hydrogen-bond donors (Lipinski definition) is 1. The molecule has 0 spiro atoms. The molecule has 0 saturated carbocycles. The second-order valence-corrected chi connectivity index (χ2v) is 20.9. The third-order valence-electron chi connectivity index (χ3n) is 2.15. The monoisotopic (exact) mass is 339 g/mol. The van der Waals surface area contributed by atoms with Gasteiger partial charge < -0.3 is 17.5 Å². The van der Waals surface area contributed by atoms with Gasteiger partial charge in [-0.25, -0.2) is 0 Å². The van der Waals surface area contributed by atoms with Crippen molar-refractivity contribution in [3.8, 4) is 0 Å². The van der Waals surface area contributed by atoms with Gasteiger partial charge in [0.05, 0.1) is 0 Å². The van der Waals surface area contributed by atoms with Crippen molar-refractivity contribution in [3.63, 3.8) is 0 Å². The first-order chi connectivity index (χ1) is 8.37. The molecule has 1 N–H and O–H groups in total. The normalized spacial score (nSPS) is 14.2. The smallest absolute Gasteiger partial charge is 0.312 e. The molecule has 115 valence electrons. The topological polar surface area (TPSA) is 47.9 Å². The van der Waals surface area contributed by atoms with Crippen molar-refractivity contribution in [1.82, 2.24) is 0 Å². The average Bonchev–Trinajstić information content (AvgIpc) is 2.06. The Hall–Kier alpha value is 0.708. The number of hydrogen-bond acceptors (Lipinski definition) is 4. The highest BCUT2D eigenvalue weighted by atomic mass is 28.5. The summed E-state index contributed by atoms with van der Waals surface area (Å²) in [7, 11) is -6.68. The number of aliphatic hydroxyl groups is 1. The zero-order chi connectivity index (χ0) is 15.3. The van der Waals surface area contributed by atoms with Crippen LogP contribution in [0.5, 0.6) is 0 Å². The highest BCUT2D eigenvalue weighted by Crippen LogP contribution is 2.22. The summed E-state index contributed by atoms with van der Waals surface area (Å²) >= 11 is 0. The van der Waals surface area contributed by atoms with Crippen LogP contribution >= 0.6 is 0 Å². The zero-order valence-corrected chi connectivity index (χ0v) is 17.8. The highest BCUT2D eigenvalue weighted by Gasteiger charge is 2.39. The van der Waals surface area contributed by atoms with Gasteiger partial charge in [-0.2, -0.15) is 0 Å². The maximum absolute atomic E-state index is 8.86. The Balaban J connectivity index is 4.41. The first-order valence-corrected chi connectivity index (χ1v) is 18.1. The molecule has 0 aliphatic rings. The maximum Gasteiger partial charge on any atom is 0.312 e. The molecule has 4 nitrogen and oxygen atoms in total. The predicted octanol–water partition coefficient (Wildman–Crippen LogP) is 3.28. The summed E-state index contributed by atoms with van der Waals surface area (Å²) in [4.78, 5) is 0. The van der Waals surface area contributed by atoms with Gasteiger partial charge in [0.15, 0.2) is 17.4 Å². The molecular formula is C11H31O4Si4. The predicted molar refractivity (Wildman–Crippen MR) is 89.7 cm³/mol. The summed E-state index contributed by atoms with van der Waals surface area (Å²) in [6, 6.07) is 0.970. The molecule has 8 heteroatoms. The summed E-state index contributed by atoms with van der Waals surface area (Å²) in [5.74, 6) is 0. The van der Waals surface area contributed by atoms with E-state index in [1.54, 1.807) is 0 Å². The fourth-order valence-electron chi connectivity index (χ4n) is 2.17. The van der Waals surface area contributed by atoms with E-state index in [1.807, 2.05) is 0 Å². The van der Waals surface area contributed by atoms with E-state index in [-0.39, 0.29) is 6.61 Å². The molecule has 19 heavy (non-hydrogen) atoms. The SMILES string of the molecule is C[Si](CCCO)O[Si](C)(C)O[Si](C)(C)O[Si](C)(C)C. The van der Waals surface area contributed by atoms with Crippen molar-refractivity contribution < 1.29 is 17.5 Å². The Morgan fingerprint density at radius 3 is 1.84 bits per heavy atom. The molecule has 0 aromatic carbocycles. The fourth-order valence-corrected chi connectivity index (χ4v) is 18.3. The summed E-state index contributed by atoms with van der Waals surface area (Å²) in [5.41, 5.74) is 0. The van der Waals surface area contributed by atoms with E-state index in [0.29, 0.717) is 0 Å². The first-order valence-electron chi connectivity index (χ1n) is 6.89. The molecule has 0 aliphatic carbocycles. The Morgan fingerprint density at radius 1 is 0.895 bits per heavy atom. The summed E-state index contributed by atoms with van der Waals surface area (Å²) in [5, 5.41) is 8.86. The quantitative estimate of drug-likeness (QED) is 0.655. The van der Waals surface area contributed by atoms with Crippen molar-refractivity contribution in [1.29, 1.82) is 0 Å². The van der Waals surface area contributed by atoms with Crippen molar-refractivity contribution in [2.75, 3.05) is 6.61 Å². The molecule has 0 atom stereocenters. The molecule has 0 aromatic heterocycles. The molecule has 0 aromatic rings. The lowest BCUT2D eigenvalue weighted by molar-refractivity contribution is 0.291. The Kier molecular flexibility index (Phi) is 7.93. The average molecular weight is 340 g/mol. The van der Waals surface area contributed by atoms with Gasteiger partial charge >= 0.3 is 17.1 Å². The summed E-state index contributed by atoms with van der Waals surface area (Å²) < 4.78 is 18.7. The fraction of sp³-hybridized carbons (Fsp3) is 1.00. The second-order valence-electron chi connectivity index (χ2n) is 6.75. The van der Waals surface area contributed by atoms with E-state index in [2.05, 4.69) is 52.4 Å². The minimum absolute atomic E-state index is 0.243. The molecule has 0 fully saturated rings. The minimum atomic E-state index is -2.13. The van der Waals surface area contributed by atoms with Crippen LogP contribution in [0.2, 0.25) is 58.4 Å². The van der Waals surface area contributed by atoms with Crippen molar-refractivity contribution in [2.24, 2.45) is 0 Å². The van der Waals surface area contributed by atoms with Crippen molar-refractivity contribution in [3.05, 3.63) is 0 Å². The van der Waals surface area contributed by atoms with Crippen LogP contribution in [-0.4, -0.2) is 46.2 Å². The lowest BCUT2D eigenvalue weighted by Gasteiger charge is -2.37. The van der Waals surface area contributed by atoms with Crippen LogP contribution in [0.4, 0.5) is 0 Å². The van der Waals surface area contributed by atoms with Gasteiger partial charge in [0.2, 0.25) is 0 Å². The molecule has 0 amide bonds. The van der Waals surface area contributed by atoms with Crippen LogP contribution in [0, 0.1) is 0 Å². The van der Waals surface area contributed by atoms with Crippen LogP contribution in [0.25, 0.3) is 0 Å². The Bertz CT molecular complexity index is 266. The maximum atomic E-state index is 8.86. The number of aliphatic hydroxyl groups excluding tert-OH is 1. The molecular weight excluding hydrogens is 308 g/mol. The van der Waals surface area contributed by atoms with Gasteiger partial charge in [-0.3, -0.25) is 0 Å². The summed E-state index contributed by atoms with van der Waals surface area (Å²) in [6.45, 7) is 17.4. The molecule has 0 unspecified atom stereocenters. The number of rotatable bonds is 9. The van der Waals surface area contributed by atoms with Gasteiger partial charge in [-0.1, -0.05) is 0 Å². The van der Waals surface area contributed by atoms with Crippen molar-refractivity contribution >= 4 is 34.5 Å². The first kappa shape index (κ1) is 19.7. The van der Waals surface area contributed by atoms with Crippen molar-refractivity contribution in [2.45, 2.75) is 64.8 Å². The van der Waals surface area contributed by atoms with Crippen LogP contribution in [-0.2, 0) is 12.3 Å². The second kappa shape index (κ2) is 7.64. The summed E-state index contributed by atoms with van der Waals surface area (Å²) in [6.07, 6.45) is 0.821. The van der Waals surface area contributed by atoms with Gasteiger partial charge in [-0.15, -0.1) is 0 Å². The van der Waals surface area contributed by atoms with Crippen LogP contribution < -0.4 is 0 Å². The zero-order valence-electron chi connectivity index (χ0n) is 13.8. The van der Waals surface area contributed by atoms with Crippen LogP contribution in [0.15, 0.2) is 0 Å². The van der Waals surface area contributed by atoms with E-state index >= 15 is 0 Å². The molecule has 0 saturated heterocycles. The van der Waals surface area contributed by atoms with Gasteiger partial charge in [0.25, 0.3) is 0 Å². The van der Waals surface area contributed by atoms with Gasteiger partial charge in [0, 0.05) is 6.61 Å². The van der Waals surface area contributed by atoms with E-state index in [0.717, 1.165) is 12.5 Å². The lowest BCUT2D eigenvalue weighted by atomic mass is 10.5. The van der Waals surface area contributed by atoms with Gasteiger partial charge in [-0.05, 0) is 64.8 Å². The molecule has 0 rings (SSSR count). The third-order valence-corrected chi connectivity index (χ3v) is 14.9. The van der Waals surface area contributed by atoms with Gasteiger partial charge in [0.1, 0.15) is 0 Å². The Morgan fingerprint density at radius 2 is 1.42 bits per heavy atom. The lowest BCUT2D eigenvalue weighted by Crippen LogP contribution is -2.53. The third kappa shape index (κ3) is 11.1. The van der Waals surface area contributed by atoms with Crippen LogP contribution in [0.3, 0.4) is 0 Å².